The van der Waals surface area contributed by atoms with Gasteiger partial charge in [0, 0.05) is 22.4 Å². The van der Waals surface area contributed by atoms with Crippen LogP contribution in [0.4, 0.5) is 8.78 Å². The van der Waals surface area contributed by atoms with Gasteiger partial charge in [-0.05, 0) is 42.3 Å². The normalized spacial score (nSPS) is 11.1. The van der Waals surface area contributed by atoms with Gasteiger partial charge >= 0.3 is 0 Å². The summed E-state index contributed by atoms with van der Waals surface area (Å²) in [5.74, 6) is -1.62. The summed E-state index contributed by atoms with van der Waals surface area (Å²) in [7, 11) is 0. The van der Waals surface area contributed by atoms with E-state index in [-0.39, 0.29) is 0 Å². The smallest absolute Gasteiger partial charge is 0.159 e. The van der Waals surface area contributed by atoms with Crippen molar-refractivity contribution in [1.82, 2.24) is 5.32 Å². The molecule has 21 heavy (non-hydrogen) atoms. The molecule has 0 atom stereocenters. The summed E-state index contributed by atoms with van der Waals surface area (Å²) in [6, 6.07) is 10.6. The highest BCUT2D eigenvalue weighted by Gasteiger charge is 2.06. The molecule has 0 fully saturated rings. The molecular weight excluding hydrogens is 288 g/mol. The fraction of sp³-hybridized carbons (Fsp3) is 0.294. The highest BCUT2D eigenvalue weighted by molar-refractivity contribution is 7.99. The second kappa shape index (κ2) is 7.05. The van der Waals surface area contributed by atoms with E-state index < -0.39 is 11.6 Å². The van der Waals surface area contributed by atoms with Crippen LogP contribution in [-0.4, -0.2) is 6.04 Å². The maximum Gasteiger partial charge on any atom is 0.159 e. The number of halogens is 2. The van der Waals surface area contributed by atoms with Crippen LogP contribution in [-0.2, 0) is 6.54 Å². The maximum atomic E-state index is 13.2. The highest BCUT2D eigenvalue weighted by Crippen LogP contribution is 2.31. The molecule has 0 unspecified atom stereocenters. The van der Waals surface area contributed by atoms with Gasteiger partial charge in [-0.1, -0.05) is 37.7 Å². The third-order valence-corrected chi connectivity index (χ3v) is 4.24. The average molecular weight is 307 g/mol. The molecule has 0 aliphatic rings. The topological polar surface area (TPSA) is 12.0 Å². The lowest BCUT2D eigenvalue weighted by atomic mass is 10.1. The lowest BCUT2D eigenvalue weighted by Gasteiger charge is -2.11. The van der Waals surface area contributed by atoms with E-state index in [1.165, 1.54) is 23.4 Å². The van der Waals surface area contributed by atoms with Gasteiger partial charge in [0.1, 0.15) is 0 Å². The number of nitrogens with one attached hydrogen (secondary N) is 1. The third kappa shape index (κ3) is 4.55. The predicted octanol–water partition coefficient (Wildman–Crippen LogP) is 4.92. The van der Waals surface area contributed by atoms with E-state index in [9.17, 15) is 8.78 Å². The minimum atomic E-state index is -0.814. The van der Waals surface area contributed by atoms with E-state index in [2.05, 4.69) is 31.3 Å². The molecule has 0 amide bonds. The Balaban J connectivity index is 2.11. The summed E-state index contributed by atoms with van der Waals surface area (Å²) < 4.78 is 26.2. The lowest BCUT2D eigenvalue weighted by Crippen LogP contribution is -2.21. The molecule has 112 valence electrons. The molecule has 0 spiro atoms. The van der Waals surface area contributed by atoms with Gasteiger partial charge in [0.15, 0.2) is 11.6 Å². The Morgan fingerprint density at radius 3 is 2.43 bits per heavy atom. The number of benzene rings is 2. The molecule has 1 nitrogen and oxygen atoms in total. The van der Waals surface area contributed by atoms with E-state index >= 15 is 0 Å². The fourth-order valence-electron chi connectivity index (χ4n) is 1.93. The number of hydrogen-bond donors (Lipinski definition) is 1. The number of aryl methyl sites for hydroxylation is 1. The SMILES string of the molecule is Cc1cc(CNC(C)C)ccc1Sc1ccc(F)c(F)c1. The molecule has 0 aliphatic carbocycles. The van der Waals surface area contributed by atoms with Crippen molar-refractivity contribution in [1.29, 1.82) is 0 Å². The standard InChI is InChI=1S/C17H19F2NS/c1-11(2)20-10-13-4-7-17(12(3)8-13)21-14-5-6-15(18)16(19)9-14/h4-9,11,20H,10H2,1-3H3. The molecule has 4 heteroatoms. The predicted molar refractivity (Wildman–Crippen MR) is 83.6 cm³/mol. The van der Waals surface area contributed by atoms with Crippen LogP contribution in [0, 0.1) is 18.6 Å². The van der Waals surface area contributed by atoms with Crippen molar-refractivity contribution in [2.24, 2.45) is 0 Å². The monoisotopic (exact) mass is 307 g/mol. The summed E-state index contributed by atoms with van der Waals surface area (Å²) in [4.78, 5) is 1.75. The van der Waals surface area contributed by atoms with Gasteiger partial charge in [-0.2, -0.15) is 0 Å². The van der Waals surface area contributed by atoms with Crippen molar-refractivity contribution >= 4 is 11.8 Å². The van der Waals surface area contributed by atoms with Crippen LogP contribution in [0.3, 0.4) is 0 Å². The summed E-state index contributed by atoms with van der Waals surface area (Å²) in [5, 5.41) is 3.37. The van der Waals surface area contributed by atoms with Gasteiger partial charge in [-0.15, -0.1) is 0 Å². The van der Waals surface area contributed by atoms with Crippen molar-refractivity contribution in [3.8, 4) is 0 Å². The van der Waals surface area contributed by atoms with Crippen LogP contribution >= 0.6 is 11.8 Å². The van der Waals surface area contributed by atoms with E-state index in [0.29, 0.717) is 10.9 Å². The van der Waals surface area contributed by atoms with Crippen molar-refractivity contribution < 1.29 is 8.78 Å². The van der Waals surface area contributed by atoms with Crippen molar-refractivity contribution in [2.45, 2.75) is 43.1 Å². The largest absolute Gasteiger partial charge is 0.310 e. The van der Waals surface area contributed by atoms with Crippen LogP contribution in [0.25, 0.3) is 0 Å². The second-order valence-corrected chi connectivity index (χ2v) is 6.43. The Bertz CT molecular complexity index is 626. The van der Waals surface area contributed by atoms with Gasteiger partial charge < -0.3 is 5.32 Å². The molecule has 0 heterocycles. The first-order valence-electron chi connectivity index (χ1n) is 6.91. The Morgan fingerprint density at radius 2 is 1.81 bits per heavy atom. The van der Waals surface area contributed by atoms with Gasteiger partial charge in [0.2, 0.25) is 0 Å². The van der Waals surface area contributed by atoms with Gasteiger partial charge in [0.25, 0.3) is 0 Å². The number of rotatable bonds is 5. The molecule has 2 rings (SSSR count). The first kappa shape index (κ1) is 16.0. The van der Waals surface area contributed by atoms with Crippen molar-refractivity contribution in [2.75, 3.05) is 0 Å². The molecule has 0 saturated heterocycles. The number of hydrogen-bond acceptors (Lipinski definition) is 2. The minimum absolute atomic E-state index is 0.446. The second-order valence-electron chi connectivity index (χ2n) is 5.31. The average Bonchev–Trinajstić information content (AvgIpc) is 2.43. The molecule has 1 N–H and O–H groups in total. The van der Waals surface area contributed by atoms with Crippen molar-refractivity contribution in [3.63, 3.8) is 0 Å². The van der Waals surface area contributed by atoms with E-state index in [1.807, 2.05) is 13.0 Å². The first-order chi connectivity index (χ1) is 9.95. The van der Waals surface area contributed by atoms with Gasteiger partial charge in [-0.3, -0.25) is 0 Å². The molecule has 0 aromatic heterocycles. The van der Waals surface area contributed by atoms with Crippen LogP contribution < -0.4 is 5.32 Å². The first-order valence-corrected chi connectivity index (χ1v) is 7.73. The minimum Gasteiger partial charge on any atom is -0.310 e. The van der Waals surface area contributed by atoms with Crippen LogP contribution in [0.2, 0.25) is 0 Å². The molecule has 2 aromatic rings. The van der Waals surface area contributed by atoms with Gasteiger partial charge in [-0.25, -0.2) is 8.78 Å². The van der Waals surface area contributed by atoms with Crippen LogP contribution in [0.1, 0.15) is 25.0 Å². The maximum absolute atomic E-state index is 13.2. The zero-order valence-electron chi connectivity index (χ0n) is 12.4. The molecule has 0 bridgehead atoms. The fourth-order valence-corrected chi connectivity index (χ4v) is 2.83. The third-order valence-electron chi connectivity index (χ3n) is 3.07. The Hall–Kier alpha value is -1.39. The molecule has 0 radical (unpaired) electrons. The Morgan fingerprint density at radius 1 is 1.05 bits per heavy atom. The Kier molecular flexibility index (Phi) is 5.37. The summed E-state index contributed by atoms with van der Waals surface area (Å²) >= 11 is 1.44. The molecule has 0 aliphatic heterocycles. The van der Waals surface area contributed by atoms with E-state index in [1.54, 1.807) is 6.07 Å². The van der Waals surface area contributed by atoms with Crippen molar-refractivity contribution in [3.05, 3.63) is 59.2 Å². The van der Waals surface area contributed by atoms with E-state index in [4.69, 9.17) is 0 Å². The Labute approximate surface area is 128 Å². The summed E-state index contributed by atoms with van der Waals surface area (Å²) in [6.45, 7) is 7.08. The lowest BCUT2D eigenvalue weighted by molar-refractivity contribution is 0.506. The zero-order valence-corrected chi connectivity index (χ0v) is 13.2. The van der Waals surface area contributed by atoms with Crippen LogP contribution in [0.15, 0.2) is 46.2 Å². The summed E-state index contributed by atoms with van der Waals surface area (Å²) in [6.07, 6.45) is 0. The van der Waals surface area contributed by atoms with E-state index in [0.717, 1.165) is 23.1 Å². The van der Waals surface area contributed by atoms with Crippen LogP contribution in [0.5, 0.6) is 0 Å². The summed E-state index contributed by atoms with van der Waals surface area (Å²) in [5.41, 5.74) is 2.35. The zero-order chi connectivity index (χ0) is 15.4. The highest BCUT2D eigenvalue weighted by atomic mass is 32.2. The molecule has 2 aromatic carbocycles. The quantitative estimate of drug-likeness (QED) is 0.841. The van der Waals surface area contributed by atoms with Gasteiger partial charge in [0.05, 0.1) is 0 Å². The molecular formula is C17H19F2NS. The molecule has 0 saturated carbocycles.